The van der Waals surface area contributed by atoms with Crippen molar-refractivity contribution in [1.82, 2.24) is 4.98 Å². The summed E-state index contributed by atoms with van der Waals surface area (Å²) in [6.45, 7) is 3.74. The van der Waals surface area contributed by atoms with Gasteiger partial charge in [0.05, 0.1) is 16.8 Å². The quantitative estimate of drug-likeness (QED) is 0.774. The minimum atomic E-state index is -0.387. The van der Waals surface area contributed by atoms with Crippen molar-refractivity contribution in [3.63, 3.8) is 0 Å². The van der Waals surface area contributed by atoms with E-state index in [0.717, 1.165) is 0 Å². The summed E-state index contributed by atoms with van der Waals surface area (Å²) < 4.78 is 5.65. The molecule has 0 bridgehead atoms. The highest BCUT2D eigenvalue weighted by Crippen LogP contribution is 2.34. The van der Waals surface area contributed by atoms with Crippen molar-refractivity contribution in [3.8, 4) is 5.75 Å². The van der Waals surface area contributed by atoms with Crippen molar-refractivity contribution in [2.24, 2.45) is 0 Å². The van der Waals surface area contributed by atoms with Crippen LogP contribution in [0.3, 0.4) is 0 Å². The third-order valence-electron chi connectivity index (χ3n) is 2.59. The smallest absolute Gasteiger partial charge is 0.255 e. The maximum atomic E-state index is 12.3. The zero-order valence-corrected chi connectivity index (χ0v) is 14.1. The molecule has 1 N–H and O–H groups in total. The summed E-state index contributed by atoms with van der Waals surface area (Å²) in [4.78, 5) is 16.1. The van der Waals surface area contributed by atoms with Crippen molar-refractivity contribution in [2.45, 2.75) is 20.0 Å². The normalized spacial score (nSPS) is 10.6. The Hall–Kier alpha value is -1.49. The molecular formula is C15H13Cl3N2O2. The lowest BCUT2D eigenvalue weighted by molar-refractivity contribution is 0.102. The number of nitrogens with zero attached hydrogens (tertiary/aromatic N) is 1. The highest BCUT2D eigenvalue weighted by atomic mass is 35.5. The molecule has 0 aliphatic heterocycles. The average molecular weight is 360 g/mol. The number of rotatable bonds is 4. The van der Waals surface area contributed by atoms with Gasteiger partial charge in [-0.15, -0.1) is 0 Å². The number of ether oxygens (including phenoxy) is 1. The molecule has 0 aliphatic carbocycles. The van der Waals surface area contributed by atoms with Gasteiger partial charge in [0.25, 0.3) is 5.91 Å². The fourth-order valence-corrected chi connectivity index (χ4v) is 2.43. The Bertz CT molecular complexity index is 685. The molecule has 2 rings (SSSR count). The van der Waals surface area contributed by atoms with Gasteiger partial charge in [0.15, 0.2) is 5.75 Å². The molecule has 1 amide bonds. The Morgan fingerprint density at radius 1 is 1.18 bits per heavy atom. The van der Waals surface area contributed by atoms with E-state index in [2.05, 4.69) is 10.3 Å². The summed E-state index contributed by atoms with van der Waals surface area (Å²) in [5, 5.41) is 3.43. The number of halogens is 3. The van der Waals surface area contributed by atoms with Crippen LogP contribution in [0.4, 0.5) is 5.69 Å². The molecule has 116 valence electrons. The van der Waals surface area contributed by atoms with Crippen molar-refractivity contribution < 1.29 is 9.53 Å². The summed E-state index contributed by atoms with van der Waals surface area (Å²) in [7, 11) is 0. The van der Waals surface area contributed by atoms with E-state index in [1.54, 1.807) is 18.2 Å². The SMILES string of the molecule is CC(C)Oc1c(Cl)cccc1NC(=O)c1cc(Cl)nc(Cl)c1. The van der Waals surface area contributed by atoms with Crippen molar-refractivity contribution in [3.05, 3.63) is 51.2 Å². The lowest BCUT2D eigenvalue weighted by Gasteiger charge is -2.16. The van der Waals surface area contributed by atoms with E-state index in [1.165, 1.54) is 12.1 Å². The molecule has 0 aliphatic rings. The first-order valence-corrected chi connectivity index (χ1v) is 7.60. The Balaban J connectivity index is 2.30. The number of hydrogen-bond donors (Lipinski definition) is 1. The average Bonchev–Trinajstić information content (AvgIpc) is 2.41. The van der Waals surface area contributed by atoms with Gasteiger partial charge in [-0.1, -0.05) is 40.9 Å². The molecule has 4 nitrogen and oxygen atoms in total. The summed E-state index contributed by atoms with van der Waals surface area (Å²) in [5.74, 6) is 0.0286. The van der Waals surface area contributed by atoms with Crippen LogP contribution in [-0.4, -0.2) is 17.0 Å². The summed E-state index contributed by atoms with van der Waals surface area (Å²) in [6.07, 6.45) is -0.0830. The van der Waals surface area contributed by atoms with E-state index in [0.29, 0.717) is 22.0 Å². The number of amides is 1. The first-order valence-electron chi connectivity index (χ1n) is 6.46. The van der Waals surface area contributed by atoms with Crippen LogP contribution in [0.5, 0.6) is 5.75 Å². The second-order valence-electron chi connectivity index (χ2n) is 4.74. The predicted octanol–water partition coefficient (Wildman–Crippen LogP) is 5.08. The molecule has 1 aromatic heterocycles. The van der Waals surface area contributed by atoms with Crippen LogP contribution in [0.1, 0.15) is 24.2 Å². The van der Waals surface area contributed by atoms with Crippen molar-refractivity contribution in [2.75, 3.05) is 5.32 Å². The first kappa shape index (κ1) is 16.9. The molecule has 0 fully saturated rings. The van der Waals surface area contributed by atoms with Gasteiger partial charge in [-0.3, -0.25) is 4.79 Å². The molecule has 0 atom stereocenters. The van der Waals surface area contributed by atoms with Crippen LogP contribution in [0.15, 0.2) is 30.3 Å². The van der Waals surface area contributed by atoms with Crippen molar-refractivity contribution >= 4 is 46.4 Å². The monoisotopic (exact) mass is 358 g/mol. The predicted molar refractivity (Wildman–Crippen MR) is 89.4 cm³/mol. The second kappa shape index (κ2) is 7.18. The molecule has 0 unspecified atom stereocenters. The highest BCUT2D eigenvalue weighted by molar-refractivity contribution is 6.33. The number of pyridine rings is 1. The Labute approximate surface area is 143 Å². The van der Waals surface area contributed by atoms with Crippen LogP contribution in [0.25, 0.3) is 0 Å². The fourth-order valence-electron chi connectivity index (χ4n) is 1.75. The molecule has 22 heavy (non-hydrogen) atoms. The summed E-state index contributed by atoms with van der Waals surface area (Å²) in [6, 6.07) is 7.96. The van der Waals surface area contributed by atoms with E-state index < -0.39 is 0 Å². The maximum Gasteiger partial charge on any atom is 0.255 e. The molecular weight excluding hydrogens is 347 g/mol. The molecule has 1 heterocycles. The lowest BCUT2D eigenvalue weighted by atomic mass is 10.2. The molecule has 1 aromatic carbocycles. The number of nitrogens with one attached hydrogen (secondary N) is 1. The van der Waals surface area contributed by atoms with Gasteiger partial charge < -0.3 is 10.1 Å². The van der Waals surface area contributed by atoms with Crippen LogP contribution < -0.4 is 10.1 Å². The number of carbonyl (C=O) groups excluding carboxylic acids is 1. The van der Waals surface area contributed by atoms with Gasteiger partial charge in [0, 0.05) is 5.56 Å². The zero-order valence-electron chi connectivity index (χ0n) is 11.9. The topological polar surface area (TPSA) is 51.2 Å². The number of carbonyl (C=O) groups is 1. The minimum Gasteiger partial charge on any atom is -0.487 e. The van der Waals surface area contributed by atoms with Gasteiger partial charge in [-0.2, -0.15) is 0 Å². The zero-order chi connectivity index (χ0) is 16.3. The largest absolute Gasteiger partial charge is 0.487 e. The van der Waals surface area contributed by atoms with E-state index in [-0.39, 0.29) is 22.3 Å². The van der Waals surface area contributed by atoms with Crippen LogP contribution in [0, 0.1) is 0 Å². The van der Waals surface area contributed by atoms with Gasteiger partial charge in [-0.05, 0) is 38.1 Å². The first-order chi connectivity index (χ1) is 10.4. The Morgan fingerprint density at radius 3 is 2.41 bits per heavy atom. The number of hydrogen-bond acceptors (Lipinski definition) is 3. The molecule has 0 radical (unpaired) electrons. The Kier molecular flexibility index (Phi) is 5.51. The van der Waals surface area contributed by atoms with E-state index in [9.17, 15) is 4.79 Å². The standard InChI is InChI=1S/C15H13Cl3N2O2/c1-8(2)22-14-10(16)4-3-5-11(14)19-15(21)9-6-12(17)20-13(18)7-9/h3-8H,1-2H3,(H,19,21). The molecule has 0 saturated carbocycles. The lowest BCUT2D eigenvalue weighted by Crippen LogP contribution is -2.15. The number of aromatic nitrogens is 1. The van der Waals surface area contributed by atoms with Crippen LogP contribution in [0.2, 0.25) is 15.3 Å². The Morgan fingerprint density at radius 2 is 1.82 bits per heavy atom. The number of benzene rings is 1. The van der Waals surface area contributed by atoms with Crippen LogP contribution >= 0.6 is 34.8 Å². The van der Waals surface area contributed by atoms with E-state index >= 15 is 0 Å². The third kappa shape index (κ3) is 4.26. The van der Waals surface area contributed by atoms with E-state index in [4.69, 9.17) is 39.5 Å². The van der Waals surface area contributed by atoms with Gasteiger partial charge >= 0.3 is 0 Å². The van der Waals surface area contributed by atoms with Gasteiger partial charge in [-0.25, -0.2) is 4.98 Å². The van der Waals surface area contributed by atoms with Gasteiger partial charge in [0.1, 0.15) is 10.3 Å². The minimum absolute atomic E-state index is 0.0830. The maximum absolute atomic E-state index is 12.3. The molecule has 7 heteroatoms. The highest BCUT2D eigenvalue weighted by Gasteiger charge is 2.15. The van der Waals surface area contributed by atoms with E-state index in [1.807, 2.05) is 13.8 Å². The van der Waals surface area contributed by atoms with Crippen LogP contribution in [-0.2, 0) is 0 Å². The summed E-state index contributed by atoms with van der Waals surface area (Å²) in [5.41, 5.74) is 0.760. The molecule has 0 saturated heterocycles. The number of anilines is 1. The summed E-state index contributed by atoms with van der Waals surface area (Å²) >= 11 is 17.7. The van der Waals surface area contributed by atoms with Gasteiger partial charge in [0.2, 0.25) is 0 Å². The molecule has 2 aromatic rings. The second-order valence-corrected chi connectivity index (χ2v) is 5.92. The third-order valence-corrected chi connectivity index (χ3v) is 3.28. The molecule has 0 spiro atoms. The fraction of sp³-hybridized carbons (Fsp3) is 0.200. The number of para-hydroxylation sites is 1. The van der Waals surface area contributed by atoms with Crippen molar-refractivity contribution in [1.29, 1.82) is 0 Å².